The van der Waals surface area contributed by atoms with Crippen molar-refractivity contribution in [3.63, 3.8) is 0 Å². The van der Waals surface area contributed by atoms with Crippen LogP contribution in [-0.2, 0) is 9.53 Å². The first-order valence-corrected chi connectivity index (χ1v) is 9.98. The van der Waals surface area contributed by atoms with E-state index in [2.05, 4.69) is 20.6 Å². The van der Waals surface area contributed by atoms with Crippen LogP contribution in [-0.4, -0.2) is 72.7 Å². The van der Waals surface area contributed by atoms with Gasteiger partial charge in [0.05, 0.1) is 30.9 Å². The number of morpholine rings is 1. The van der Waals surface area contributed by atoms with Crippen LogP contribution < -0.4 is 15.5 Å². The van der Waals surface area contributed by atoms with Gasteiger partial charge in [0.25, 0.3) is 5.91 Å². The number of nitrogens with zero attached hydrogens (tertiary/aromatic N) is 4. The SMILES string of the molecule is N#Cc1ccc(N2CC(C(=O)NC[C@@]3(F)CCNC3)OC(C(F)(F)F)C2)c2nccnc12. The Labute approximate surface area is 180 Å². The monoisotopic (exact) mass is 452 g/mol. The average molecular weight is 452 g/mol. The maximum Gasteiger partial charge on any atom is 0.416 e. The van der Waals surface area contributed by atoms with Crippen molar-refractivity contribution in [1.82, 2.24) is 20.6 Å². The van der Waals surface area contributed by atoms with Gasteiger partial charge >= 0.3 is 6.18 Å². The molecule has 170 valence electrons. The Balaban J connectivity index is 1.61. The van der Waals surface area contributed by atoms with Gasteiger partial charge in [-0.2, -0.15) is 18.4 Å². The minimum absolute atomic E-state index is 0.0615. The molecule has 2 aliphatic heterocycles. The minimum Gasteiger partial charge on any atom is -0.364 e. The number of benzene rings is 1. The van der Waals surface area contributed by atoms with Crippen LogP contribution in [0.4, 0.5) is 23.2 Å². The molecule has 0 aliphatic carbocycles. The second kappa shape index (κ2) is 8.48. The van der Waals surface area contributed by atoms with Crippen LogP contribution in [0.1, 0.15) is 12.0 Å². The summed E-state index contributed by atoms with van der Waals surface area (Å²) in [5.41, 5.74) is -0.633. The van der Waals surface area contributed by atoms with Crippen LogP contribution in [0.15, 0.2) is 24.5 Å². The number of rotatable bonds is 4. The summed E-state index contributed by atoms with van der Waals surface area (Å²) < 4.78 is 60.3. The number of carbonyl (C=O) groups excluding carboxylic acids is 1. The molecule has 0 bridgehead atoms. The van der Waals surface area contributed by atoms with E-state index in [-0.39, 0.29) is 42.7 Å². The highest BCUT2D eigenvalue weighted by molar-refractivity contribution is 5.92. The van der Waals surface area contributed by atoms with Gasteiger partial charge in [0, 0.05) is 18.9 Å². The third-order valence-electron chi connectivity index (χ3n) is 5.59. The van der Waals surface area contributed by atoms with E-state index in [1.54, 1.807) is 0 Å². The van der Waals surface area contributed by atoms with Gasteiger partial charge in [-0.25, -0.2) is 4.39 Å². The summed E-state index contributed by atoms with van der Waals surface area (Å²) in [7, 11) is 0. The van der Waals surface area contributed by atoms with Crippen LogP contribution in [0.25, 0.3) is 11.0 Å². The second-order valence-corrected chi connectivity index (χ2v) is 7.85. The van der Waals surface area contributed by atoms with Crippen molar-refractivity contribution in [1.29, 1.82) is 5.26 Å². The van der Waals surface area contributed by atoms with Gasteiger partial charge in [0.2, 0.25) is 0 Å². The maximum atomic E-state index is 14.5. The van der Waals surface area contributed by atoms with Gasteiger partial charge in [-0.05, 0) is 25.1 Å². The van der Waals surface area contributed by atoms with Crippen LogP contribution in [0.2, 0.25) is 0 Å². The molecule has 3 atom stereocenters. The average Bonchev–Trinajstić information content (AvgIpc) is 3.22. The molecule has 4 rings (SSSR count). The molecule has 3 heterocycles. The van der Waals surface area contributed by atoms with E-state index in [0.717, 1.165) is 0 Å². The predicted octanol–water partition coefficient (Wildman–Crippen LogP) is 1.46. The highest BCUT2D eigenvalue weighted by atomic mass is 19.4. The zero-order valence-corrected chi connectivity index (χ0v) is 16.8. The molecule has 2 fully saturated rings. The Morgan fingerprint density at radius 3 is 2.72 bits per heavy atom. The lowest BCUT2D eigenvalue weighted by molar-refractivity contribution is -0.234. The van der Waals surface area contributed by atoms with Crippen molar-refractivity contribution in [2.75, 3.05) is 37.6 Å². The number of amides is 1. The molecule has 1 aromatic heterocycles. The molecular formula is C20H20F4N6O2. The Bertz CT molecular complexity index is 1050. The Kier molecular flexibility index (Phi) is 5.87. The summed E-state index contributed by atoms with van der Waals surface area (Å²) in [6.07, 6.45) is -5.48. The van der Waals surface area contributed by atoms with E-state index < -0.39 is 36.5 Å². The Morgan fingerprint density at radius 2 is 2.06 bits per heavy atom. The zero-order valence-electron chi connectivity index (χ0n) is 16.8. The molecule has 1 aromatic carbocycles. The second-order valence-electron chi connectivity index (χ2n) is 7.85. The van der Waals surface area contributed by atoms with Crippen LogP contribution in [0, 0.1) is 11.3 Å². The number of hydrogen-bond acceptors (Lipinski definition) is 7. The van der Waals surface area contributed by atoms with E-state index >= 15 is 0 Å². The van der Waals surface area contributed by atoms with Gasteiger partial charge in [-0.15, -0.1) is 0 Å². The number of anilines is 1. The molecule has 8 nitrogen and oxygen atoms in total. The lowest BCUT2D eigenvalue weighted by Gasteiger charge is -2.39. The topological polar surface area (TPSA) is 103 Å². The number of hydrogen-bond donors (Lipinski definition) is 2. The highest BCUT2D eigenvalue weighted by Crippen LogP contribution is 2.33. The molecule has 2 aliphatic rings. The number of ether oxygens (including phenoxy) is 1. The standard InChI is InChI=1S/C20H20F4N6O2/c21-19(3-4-26-10-19)11-29-18(31)14-8-30(9-15(32-14)20(22,23)24)13-2-1-12(7-25)16-17(13)28-6-5-27-16/h1-2,5-6,14-15,26H,3-4,8-11H2,(H,29,31)/t14?,15?,19-/m1/s1. The van der Waals surface area contributed by atoms with Crippen molar-refractivity contribution in [2.45, 2.75) is 30.5 Å². The first-order chi connectivity index (χ1) is 15.2. The van der Waals surface area contributed by atoms with Crippen LogP contribution in [0.5, 0.6) is 0 Å². The number of fused-ring (bicyclic) bond motifs is 1. The molecule has 2 aromatic rings. The van der Waals surface area contributed by atoms with Gasteiger partial charge in [0.15, 0.2) is 12.2 Å². The summed E-state index contributed by atoms with van der Waals surface area (Å²) in [6.45, 7) is -0.564. The number of aromatic nitrogens is 2. The number of carbonyl (C=O) groups is 1. The quantitative estimate of drug-likeness (QED) is 0.677. The van der Waals surface area contributed by atoms with Crippen molar-refractivity contribution < 1.29 is 27.1 Å². The largest absolute Gasteiger partial charge is 0.416 e. The molecule has 2 saturated heterocycles. The zero-order chi connectivity index (χ0) is 22.9. The summed E-state index contributed by atoms with van der Waals surface area (Å²) in [5, 5.41) is 14.5. The third-order valence-corrected chi connectivity index (χ3v) is 5.59. The van der Waals surface area contributed by atoms with Crippen molar-refractivity contribution >= 4 is 22.6 Å². The van der Waals surface area contributed by atoms with Gasteiger partial charge in [-0.3, -0.25) is 14.8 Å². The molecule has 0 saturated carbocycles. The normalized spacial score (nSPS) is 26.2. The third kappa shape index (κ3) is 4.44. The van der Waals surface area contributed by atoms with E-state index in [1.165, 1.54) is 29.4 Å². The van der Waals surface area contributed by atoms with E-state index in [0.29, 0.717) is 12.2 Å². The molecule has 2 N–H and O–H groups in total. The fourth-order valence-corrected chi connectivity index (χ4v) is 3.89. The molecule has 2 unspecified atom stereocenters. The number of halogens is 4. The van der Waals surface area contributed by atoms with E-state index in [1.807, 2.05) is 6.07 Å². The fraction of sp³-hybridized carbons (Fsp3) is 0.500. The maximum absolute atomic E-state index is 14.5. The number of nitrogens with one attached hydrogen (secondary N) is 2. The molecule has 0 spiro atoms. The fourth-order valence-electron chi connectivity index (χ4n) is 3.89. The van der Waals surface area contributed by atoms with Crippen LogP contribution >= 0.6 is 0 Å². The molecule has 0 radical (unpaired) electrons. The first kappa shape index (κ1) is 22.2. The molecule has 32 heavy (non-hydrogen) atoms. The number of nitriles is 1. The summed E-state index contributed by atoms with van der Waals surface area (Å²) in [4.78, 5) is 22.3. The van der Waals surface area contributed by atoms with Gasteiger partial charge in [-0.1, -0.05) is 0 Å². The Morgan fingerprint density at radius 1 is 1.31 bits per heavy atom. The smallest absolute Gasteiger partial charge is 0.364 e. The van der Waals surface area contributed by atoms with E-state index in [4.69, 9.17) is 4.74 Å². The van der Waals surface area contributed by atoms with Gasteiger partial charge in [0.1, 0.15) is 22.8 Å². The summed E-state index contributed by atoms with van der Waals surface area (Å²) in [5.74, 6) is -0.822. The molecule has 12 heteroatoms. The van der Waals surface area contributed by atoms with Crippen molar-refractivity contribution in [3.8, 4) is 6.07 Å². The Hall–Kier alpha value is -3.04. The summed E-state index contributed by atoms with van der Waals surface area (Å²) in [6, 6.07) is 4.90. The summed E-state index contributed by atoms with van der Waals surface area (Å²) >= 11 is 0. The molecular weight excluding hydrogens is 432 g/mol. The van der Waals surface area contributed by atoms with E-state index in [9.17, 15) is 27.6 Å². The van der Waals surface area contributed by atoms with Gasteiger partial charge < -0.3 is 20.3 Å². The predicted molar refractivity (Wildman–Crippen MR) is 106 cm³/mol. The highest BCUT2D eigenvalue weighted by Gasteiger charge is 2.48. The lowest BCUT2D eigenvalue weighted by Crippen LogP contribution is -2.58. The van der Waals surface area contributed by atoms with Crippen molar-refractivity contribution in [3.05, 3.63) is 30.1 Å². The lowest BCUT2D eigenvalue weighted by atomic mass is 10.1. The van der Waals surface area contributed by atoms with Crippen molar-refractivity contribution in [2.24, 2.45) is 0 Å². The van der Waals surface area contributed by atoms with Crippen LogP contribution in [0.3, 0.4) is 0 Å². The minimum atomic E-state index is -4.72. The number of alkyl halides is 4. The first-order valence-electron chi connectivity index (χ1n) is 9.98. The molecule has 1 amide bonds.